The predicted molar refractivity (Wildman–Crippen MR) is 119 cm³/mol. The van der Waals surface area contributed by atoms with Crippen molar-refractivity contribution in [3.8, 4) is 0 Å². The molecule has 1 N–H and O–H groups in total. The fraction of sp³-hybridized carbons (Fsp3) is 0.292. The van der Waals surface area contributed by atoms with Gasteiger partial charge in [-0.05, 0) is 73.6 Å². The first-order chi connectivity index (χ1) is 14.0. The Bertz CT molecular complexity index is 1030. The summed E-state index contributed by atoms with van der Waals surface area (Å²) in [5.74, 6) is -0.309. The number of nitrogens with one attached hydrogen (secondary N) is 1. The Labute approximate surface area is 179 Å². The maximum absolute atomic E-state index is 13.5. The molecule has 1 heterocycles. The van der Waals surface area contributed by atoms with Crippen LogP contribution in [0.2, 0.25) is 0 Å². The lowest BCUT2D eigenvalue weighted by molar-refractivity contribution is 0.0929. The summed E-state index contributed by atoms with van der Waals surface area (Å²) >= 11 is 3.57. The molecule has 0 bridgehead atoms. The van der Waals surface area contributed by atoms with Crippen molar-refractivity contribution in [2.75, 3.05) is 26.7 Å². The van der Waals surface area contributed by atoms with Crippen molar-refractivity contribution in [2.24, 2.45) is 0 Å². The van der Waals surface area contributed by atoms with Crippen LogP contribution in [0.3, 0.4) is 0 Å². The molecule has 150 valence electrons. The Morgan fingerprint density at radius 1 is 1.03 bits per heavy atom. The topological polar surface area (TPSA) is 32.3 Å². The van der Waals surface area contributed by atoms with Crippen LogP contribution in [0.25, 0.3) is 10.8 Å². The van der Waals surface area contributed by atoms with Gasteiger partial charge in [-0.1, -0.05) is 52.3 Å². The second-order valence-electron chi connectivity index (χ2n) is 7.91. The van der Waals surface area contributed by atoms with Crippen molar-refractivity contribution in [2.45, 2.75) is 18.3 Å². The largest absolute Gasteiger partial charge is 0.351 e. The molecule has 4 rings (SSSR count). The molecule has 0 radical (unpaired) electrons. The maximum atomic E-state index is 13.5. The molecule has 0 aromatic heterocycles. The number of carbonyl (C=O) groups excluding carboxylic acids is 1. The van der Waals surface area contributed by atoms with E-state index in [0.717, 1.165) is 46.7 Å². The van der Waals surface area contributed by atoms with Crippen LogP contribution in [0.15, 0.2) is 65.1 Å². The lowest BCUT2D eigenvalue weighted by Crippen LogP contribution is -2.48. The molecule has 0 unspecified atom stereocenters. The molecule has 3 aromatic carbocycles. The molecule has 29 heavy (non-hydrogen) atoms. The summed E-state index contributed by atoms with van der Waals surface area (Å²) < 4.78 is 14.5. The standard InChI is InChI=1S/C24H24BrFN2O/c1-28-14-12-24(13-15-28,17-6-8-18(26)9-7-17)16-27-23(29)21-10-11-22(25)20-5-3-2-4-19(20)21/h2-11H,12-16H2,1H3,(H,27,29). The molecule has 0 atom stereocenters. The van der Waals surface area contributed by atoms with Crippen molar-refractivity contribution < 1.29 is 9.18 Å². The molecule has 1 aliphatic heterocycles. The Morgan fingerprint density at radius 2 is 1.69 bits per heavy atom. The van der Waals surface area contributed by atoms with Gasteiger partial charge in [-0.25, -0.2) is 4.39 Å². The number of benzene rings is 3. The number of hydrogen-bond acceptors (Lipinski definition) is 2. The lowest BCUT2D eigenvalue weighted by Gasteiger charge is -2.41. The number of amides is 1. The molecular formula is C24H24BrFN2O. The SMILES string of the molecule is CN1CCC(CNC(=O)c2ccc(Br)c3ccccc23)(c2ccc(F)cc2)CC1. The summed E-state index contributed by atoms with van der Waals surface area (Å²) in [6, 6.07) is 18.4. The minimum Gasteiger partial charge on any atom is -0.351 e. The van der Waals surface area contributed by atoms with E-state index in [1.165, 1.54) is 12.1 Å². The van der Waals surface area contributed by atoms with Crippen LogP contribution in [0.1, 0.15) is 28.8 Å². The summed E-state index contributed by atoms with van der Waals surface area (Å²) in [6.45, 7) is 2.44. The zero-order valence-electron chi connectivity index (χ0n) is 16.4. The number of hydrogen-bond donors (Lipinski definition) is 1. The minimum atomic E-state index is -0.234. The predicted octanol–water partition coefficient (Wildman–Crippen LogP) is 5.13. The van der Waals surface area contributed by atoms with Crippen LogP contribution in [0.4, 0.5) is 4.39 Å². The van der Waals surface area contributed by atoms with Crippen molar-refractivity contribution in [1.29, 1.82) is 0 Å². The van der Waals surface area contributed by atoms with Gasteiger partial charge in [-0.15, -0.1) is 0 Å². The molecular weight excluding hydrogens is 431 g/mol. The van der Waals surface area contributed by atoms with E-state index in [2.05, 4.69) is 33.2 Å². The lowest BCUT2D eigenvalue weighted by atomic mass is 9.72. The van der Waals surface area contributed by atoms with Gasteiger partial charge in [0.2, 0.25) is 0 Å². The molecule has 3 aromatic rings. The second kappa shape index (κ2) is 8.25. The molecule has 3 nitrogen and oxygen atoms in total. The monoisotopic (exact) mass is 454 g/mol. The number of nitrogens with zero attached hydrogens (tertiary/aromatic N) is 1. The summed E-state index contributed by atoms with van der Waals surface area (Å²) in [5, 5.41) is 5.13. The van der Waals surface area contributed by atoms with E-state index in [-0.39, 0.29) is 17.1 Å². The third-order valence-corrected chi connectivity index (χ3v) is 6.80. The molecule has 5 heteroatoms. The minimum absolute atomic E-state index is 0.0749. The number of fused-ring (bicyclic) bond motifs is 1. The summed E-state index contributed by atoms with van der Waals surface area (Å²) in [5.41, 5.74) is 1.58. The van der Waals surface area contributed by atoms with E-state index in [0.29, 0.717) is 12.1 Å². The van der Waals surface area contributed by atoms with Crippen molar-refractivity contribution >= 4 is 32.6 Å². The quantitative estimate of drug-likeness (QED) is 0.592. The van der Waals surface area contributed by atoms with E-state index < -0.39 is 0 Å². The van der Waals surface area contributed by atoms with Gasteiger partial charge in [-0.2, -0.15) is 0 Å². The highest BCUT2D eigenvalue weighted by Crippen LogP contribution is 2.35. The van der Waals surface area contributed by atoms with E-state index in [9.17, 15) is 9.18 Å². The van der Waals surface area contributed by atoms with E-state index in [1.54, 1.807) is 0 Å². The van der Waals surface area contributed by atoms with Gasteiger partial charge in [0.05, 0.1) is 0 Å². The second-order valence-corrected chi connectivity index (χ2v) is 8.77. The Balaban J connectivity index is 1.60. The molecule has 1 aliphatic rings. The average molecular weight is 455 g/mol. The number of rotatable bonds is 4. The normalized spacial score (nSPS) is 16.7. The smallest absolute Gasteiger partial charge is 0.251 e. The molecule has 1 saturated heterocycles. The van der Waals surface area contributed by atoms with Crippen LogP contribution >= 0.6 is 15.9 Å². The highest BCUT2D eigenvalue weighted by atomic mass is 79.9. The fourth-order valence-electron chi connectivity index (χ4n) is 4.22. The summed E-state index contributed by atoms with van der Waals surface area (Å²) in [7, 11) is 2.11. The van der Waals surface area contributed by atoms with Crippen molar-refractivity contribution in [3.63, 3.8) is 0 Å². The molecule has 0 saturated carbocycles. The number of piperidine rings is 1. The van der Waals surface area contributed by atoms with Crippen LogP contribution < -0.4 is 5.32 Å². The van der Waals surface area contributed by atoms with Gasteiger partial charge in [0.1, 0.15) is 5.82 Å². The van der Waals surface area contributed by atoms with Crippen LogP contribution in [-0.2, 0) is 5.41 Å². The van der Waals surface area contributed by atoms with Gasteiger partial charge in [0, 0.05) is 22.0 Å². The van der Waals surface area contributed by atoms with E-state index in [1.807, 2.05) is 48.5 Å². The number of likely N-dealkylation sites (tertiary alicyclic amines) is 1. The molecule has 1 fully saturated rings. The third-order valence-electron chi connectivity index (χ3n) is 6.10. The highest BCUT2D eigenvalue weighted by Gasteiger charge is 2.36. The van der Waals surface area contributed by atoms with Gasteiger partial charge >= 0.3 is 0 Å². The van der Waals surface area contributed by atoms with Gasteiger partial charge in [0.25, 0.3) is 5.91 Å². The Kier molecular flexibility index (Phi) is 5.70. The van der Waals surface area contributed by atoms with Crippen molar-refractivity contribution in [3.05, 3.63) is 82.1 Å². The van der Waals surface area contributed by atoms with Crippen molar-refractivity contribution in [1.82, 2.24) is 10.2 Å². The summed E-state index contributed by atoms with van der Waals surface area (Å²) in [4.78, 5) is 15.4. The van der Waals surface area contributed by atoms with Crippen LogP contribution in [0, 0.1) is 5.82 Å². The average Bonchev–Trinajstić information content (AvgIpc) is 2.74. The van der Waals surface area contributed by atoms with Crippen LogP contribution in [-0.4, -0.2) is 37.5 Å². The fourth-order valence-corrected chi connectivity index (χ4v) is 4.70. The van der Waals surface area contributed by atoms with E-state index in [4.69, 9.17) is 0 Å². The summed E-state index contributed by atoms with van der Waals surface area (Å²) in [6.07, 6.45) is 1.85. The molecule has 1 amide bonds. The number of halogens is 2. The van der Waals surface area contributed by atoms with Gasteiger partial charge in [-0.3, -0.25) is 4.79 Å². The van der Waals surface area contributed by atoms with Crippen LogP contribution in [0.5, 0.6) is 0 Å². The zero-order chi connectivity index (χ0) is 20.4. The zero-order valence-corrected chi connectivity index (χ0v) is 18.0. The third kappa shape index (κ3) is 4.07. The Hall–Kier alpha value is -2.24. The first-order valence-electron chi connectivity index (χ1n) is 9.89. The van der Waals surface area contributed by atoms with Gasteiger partial charge in [0.15, 0.2) is 0 Å². The van der Waals surface area contributed by atoms with Gasteiger partial charge < -0.3 is 10.2 Å². The first-order valence-corrected chi connectivity index (χ1v) is 10.7. The highest BCUT2D eigenvalue weighted by molar-refractivity contribution is 9.10. The number of carbonyl (C=O) groups is 1. The Morgan fingerprint density at radius 3 is 2.38 bits per heavy atom. The first kappa shape index (κ1) is 20.0. The molecule has 0 aliphatic carbocycles. The molecule has 0 spiro atoms. The van der Waals surface area contributed by atoms with E-state index >= 15 is 0 Å². The maximum Gasteiger partial charge on any atom is 0.251 e.